The Hall–Kier alpha value is -5.20. The van der Waals surface area contributed by atoms with Crippen molar-refractivity contribution in [3.8, 4) is 0 Å². The van der Waals surface area contributed by atoms with Gasteiger partial charge in [0.1, 0.15) is 24.5 Å². The summed E-state index contributed by atoms with van der Waals surface area (Å²) in [5, 5.41) is 25.3. The summed E-state index contributed by atoms with van der Waals surface area (Å²) in [6.07, 6.45) is 1.96. The maximum atomic E-state index is 12.2. The molecule has 2 aromatic carbocycles. The number of hydrogen-bond donors (Lipinski definition) is 6. The van der Waals surface area contributed by atoms with Crippen LogP contribution in [-0.2, 0) is 35.8 Å². The average molecular weight is 518 g/mol. The van der Waals surface area contributed by atoms with Gasteiger partial charge in [-0.15, -0.1) is 0 Å². The molecule has 0 spiro atoms. The Kier molecular flexibility index (Phi) is 8.28. The minimum Gasteiger partial charge on any atom is -0.480 e. The molecule has 7 N–H and O–H groups in total. The van der Waals surface area contributed by atoms with Crippen molar-refractivity contribution in [1.29, 1.82) is 5.41 Å². The molecule has 1 atom stereocenters. The van der Waals surface area contributed by atoms with Crippen molar-refractivity contribution in [1.82, 2.24) is 30.2 Å². The first-order valence-electron chi connectivity index (χ1n) is 11.6. The highest BCUT2D eigenvalue weighted by Crippen LogP contribution is 2.19. The molecule has 0 bridgehead atoms. The maximum Gasteiger partial charge on any atom is 0.408 e. The second-order valence-electron chi connectivity index (χ2n) is 8.33. The topological polar surface area (TPSA) is 193 Å². The smallest absolute Gasteiger partial charge is 0.408 e. The molecule has 0 aliphatic rings. The van der Waals surface area contributed by atoms with Crippen LogP contribution in [0.5, 0.6) is 0 Å². The van der Waals surface area contributed by atoms with E-state index in [1.165, 1.54) is 17.2 Å². The van der Waals surface area contributed by atoms with E-state index in [2.05, 4.69) is 30.9 Å². The third kappa shape index (κ3) is 6.94. The van der Waals surface area contributed by atoms with Crippen molar-refractivity contribution in [2.45, 2.75) is 32.3 Å². The number of nitrogens with zero attached hydrogens (tertiary/aromatic N) is 4. The molecule has 0 aliphatic carbocycles. The monoisotopic (exact) mass is 517 g/mol. The zero-order chi connectivity index (χ0) is 26.9. The third-order valence-electron chi connectivity index (χ3n) is 5.52. The summed E-state index contributed by atoms with van der Waals surface area (Å²) in [4.78, 5) is 36.9. The van der Waals surface area contributed by atoms with Crippen LogP contribution in [0.1, 0.15) is 16.7 Å². The number of carboxylic acids is 1. The van der Waals surface area contributed by atoms with Crippen molar-refractivity contribution in [3.05, 3.63) is 83.9 Å². The van der Waals surface area contributed by atoms with Gasteiger partial charge in [0.25, 0.3) is 0 Å². The van der Waals surface area contributed by atoms with E-state index in [1.807, 2.05) is 42.5 Å². The van der Waals surface area contributed by atoms with Crippen LogP contribution in [0.15, 0.2) is 67.3 Å². The Morgan fingerprint density at radius 3 is 2.50 bits per heavy atom. The van der Waals surface area contributed by atoms with E-state index in [-0.39, 0.29) is 19.1 Å². The van der Waals surface area contributed by atoms with Crippen LogP contribution < -0.4 is 21.7 Å². The van der Waals surface area contributed by atoms with Crippen LogP contribution in [0.2, 0.25) is 0 Å². The van der Waals surface area contributed by atoms with E-state index in [1.54, 1.807) is 12.1 Å². The van der Waals surface area contributed by atoms with E-state index in [4.69, 9.17) is 15.9 Å². The number of anilines is 1. The quantitative estimate of drug-likeness (QED) is 0.126. The highest BCUT2D eigenvalue weighted by Gasteiger charge is 2.23. The number of benzene rings is 2. The van der Waals surface area contributed by atoms with Gasteiger partial charge in [-0.3, -0.25) is 5.41 Å². The third-order valence-corrected chi connectivity index (χ3v) is 5.52. The molecule has 0 radical (unpaired) electrons. The molecule has 0 saturated carbocycles. The zero-order valence-electron chi connectivity index (χ0n) is 20.3. The van der Waals surface area contributed by atoms with Gasteiger partial charge in [0, 0.05) is 13.1 Å². The number of ether oxygens (including phenoxy) is 1. The summed E-state index contributed by atoms with van der Waals surface area (Å²) in [7, 11) is 0. The lowest BCUT2D eigenvalue weighted by Gasteiger charge is -2.15. The molecule has 0 unspecified atom stereocenters. The SMILES string of the molecule is N=C(N)NCc1cccc(CNc2ncnc3c2ncn3C[C@@H](NC(=O)OCc2ccccc2)C(=O)O)c1. The molecule has 2 heterocycles. The molecule has 2 aromatic heterocycles. The second kappa shape index (κ2) is 12.2. The summed E-state index contributed by atoms with van der Waals surface area (Å²) in [6, 6.07) is 15.6. The lowest BCUT2D eigenvalue weighted by Crippen LogP contribution is -2.43. The molecule has 4 rings (SSSR count). The highest BCUT2D eigenvalue weighted by atomic mass is 16.5. The van der Waals surface area contributed by atoms with Crippen molar-refractivity contribution in [2.24, 2.45) is 5.73 Å². The van der Waals surface area contributed by atoms with Crippen molar-refractivity contribution in [2.75, 3.05) is 5.32 Å². The second-order valence-corrected chi connectivity index (χ2v) is 8.33. The Balaban J connectivity index is 1.40. The molecule has 0 fully saturated rings. The zero-order valence-corrected chi connectivity index (χ0v) is 20.3. The van der Waals surface area contributed by atoms with Gasteiger partial charge in [-0.25, -0.2) is 24.5 Å². The molecule has 13 nitrogen and oxygen atoms in total. The van der Waals surface area contributed by atoms with Crippen LogP contribution in [0.3, 0.4) is 0 Å². The summed E-state index contributed by atoms with van der Waals surface area (Å²) in [5.41, 5.74) is 8.94. The predicted octanol–water partition coefficient (Wildman–Crippen LogP) is 1.80. The number of alkyl carbamates (subject to hydrolysis) is 1. The largest absolute Gasteiger partial charge is 0.480 e. The average Bonchev–Trinajstić information content (AvgIpc) is 3.33. The fraction of sp³-hybridized carbons (Fsp3) is 0.200. The normalized spacial score (nSPS) is 11.5. The molecule has 4 aromatic rings. The standard InChI is InChI=1S/C25H27N9O4/c26-24(27)29-11-18-8-4-7-17(9-18)10-28-21-20-22(31-14-30-21)34(15-32-20)12-19(23(35)36)33-25(37)38-13-16-5-2-1-3-6-16/h1-9,14-15,19H,10-13H2,(H,33,37)(H,35,36)(H4,26,27,29)(H,28,30,31)/t19-/m1/s1. The van der Waals surface area contributed by atoms with Gasteiger partial charge >= 0.3 is 12.1 Å². The lowest BCUT2D eigenvalue weighted by molar-refractivity contribution is -0.139. The first-order chi connectivity index (χ1) is 18.4. The van der Waals surface area contributed by atoms with E-state index < -0.39 is 18.1 Å². The molecule has 0 aliphatic heterocycles. The number of carboxylic acid groups (broad SMARTS) is 1. The molecule has 38 heavy (non-hydrogen) atoms. The Labute approximate surface area is 217 Å². The van der Waals surface area contributed by atoms with E-state index in [0.29, 0.717) is 30.1 Å². The molecule has 1 amide bonds. The van der Waals surface area contributed by atoms with E-state index >= 15 is 0 Å². The molecule has 13 heteroatoms. The highest BCUT2D eigenvalue weighted by molar-refractivity contribution is 5.83. The van der Waals surface area contributed by atoms with E-state index in [9.17, 15) is 14.7 Å². The number of aromatic nitrogens is 4. The first-order valence-corrected chi connectivity index (χ1v) is 11.6. The van der Waals surface area contributed by atoms with Crippen molar-refractivity contribution < 1.29 is 19.4 Å². The Morgan fingerprint density at radius 1 is 1.03 bits per heavy atom. The van der Waals surface area contributed by atoms with Crippen molar-refractivity contribution >= 4 is 35.0 Å². The number of guanidine groups is 1. The minimum atomic E-state index is -1.27. The van der Waals surface area contributed by atoms with Crippen molar-refractivity contribution in [3.63, 3.8) is 0 Å². The van der Waals surface area contributed by atoms with Crippen LogP contribution in [-0.4, -0.2) is 48.7 Å². The lowest BCUT2D eigenvalue weighted by atomic mass is 10.1. The van der Waals surface area contributed by atoms with Crippen LogP contribution in [0.25, 0.3) is 11.2 Å². The number of fused-ring (bicyclic) bond motifs is 1. The Bertz CT molecular complexity index is 1420. The van der Waals surface area contributed by atoms with Gasteiger partial charge < -0.3 is 36.1 Å². The van der Waals surface area contributed by atoms with Gasteiger partial charge in [-0.05, 0) is 16.7 Å². The summed E-state index contributed by atoms with van der Waals surface area (Å²) in [5.74, 6) is -0.852. The van der Waals surface area contributed by atoms with Gasteiger partial charge in [0.2, 0.25) is 0 Å². The van der Waals surface area contributed by atoms with Crippen LogP contribution >= 0.6 is 0 Å². The number of nitrogens with one attached hydrogen (secondary N) is 4. The maximum absolute atomic E-state index is 12.2. The van der Waals surface area contributed by atoms with Crippen LogP contribution in [0, 0.1) is 5.41 Å². The van der Waals surface area contributed by atoms with E-state index in [0.717, 1.165) is 16.7 Å². The predicted molar refractivity (Wildman–Crippen MR) is 139 cm³/mol. The number of carbonyl (C=O) groups is 2. The molecular weight excluding hydrogens is 490 g/mol. The van der Waals surface area contributed by atoms with Gasteiger partial charge in [0.15, 0.2) is 17.4 Å². The van der Waals surface area contributed by atoms with Gasteiger partial charge in [-0.2, -0.15) is 0 Å². The number of amides is 1. The molecule has 0 saturated heterocycles. The van der Waals surface area contributed by atoms with Gasteiger partial charge in [0.05, 0.1) is 12.9 Å². The number of carbonyl (C=O) groups excluding carboxylic acids is 1. The number of aliphatic carboxylic acids is 1. The molecule has 196 valence electrons. The summed E-state index contributed by atoms with van der Waals surface area (Å²) in [6.45, 7) is 0.780. The van der Waals surface area contributed by atoms with Crippen LogP contribution in [0.4, 0.5) is 10.6 Å². The number of rotatable bonds is 11. The van der Waals surface area contributed by atoms with Gasteiger partial charge in [-0.1, -0.05) is 54.6 Å². The molecular formula is C25H27N9O4. The fourth-order valence-corrected chi connectivity index (χ4v) is 3.67. The minimum absolute atomic E-state index is 0.0193. The summed E-state index contributed by atoms with van der Waals surface area (Å²) < 4.78 is 6.68. The number of imidazole rings is 1. The fourth-order valence-electron chi connectivity index (χ4n) is 3.67. The summed E-state index contributed by atoms with van der Waals surface area (Å²) >= 11 is 0. The first kappa shape index (κ1) is 25.9. The Morgan fingerprint density at radius 2 is 1.76 bits per heavy atom. The number of hydrogen-bond acceptors (Lipinski definition) is 8. The number of nitrogens with two attached hydrogens (primary N) is 1.